The first-order chi connectivity index (χ1) is 8.29. The van der Waals surface area contributed by atoms with Crippen molar-refractivity contribution in [3.63, 3.8) is 0 Å². The van der Waals surface area contributed by atoms with Gasteiger partial charge in [-0.1, -0.05) is 6.92 Å². The van der Waals surface area contributed by atoms with Crippen LogP contribution in [0.25, 0.3) is 11.5 Å². The molecular formula is C12H13N3O2. The van der Waals surface area contributed by atoms with Gasteiger partial charge in [-0.05, 0) is 30.7 Å². The fourth-order valence-corrected chi connectivity index (χ4v) is 1.45. The molecule has 0 aliphatic carbocycles. The maximum atomic E-state index is 11.4. The summed E-state index contributed by atoms with van der Waals surface area (Å²) in [5, 5.41) is 10.2. The third kappa shape index (κ3) is 2.90. The van der Waals surface area contributed by atoms with E-state index < -0.39 is 0 Å². The highest BCUT2D eigenvalue weighted by atomic mass is 16.4. The SMILES string of the molecule is CCCC(=O)Nc1ccc(-c2nnco2)cc1. The number of anilines is 1. The van der Waals surface area contributed by atoms with E-state index in [9.17, 15) is 4.79 Å². The van der Waals surface area contributed by atoms with Crippen LogP contribution >= 0.6 is 0 Å². The summed E-state index contributed by atoms with van der Waals surface area (Å²) in [5.74, 6) is 0.495. The maximum absolute atomic E-state index is 11.4. The molecule has 0 aliphatic rings. The molecule has 17 heavy (non-hydrogen) atoms. The minimum absolute atomic E-state index is 0.0260. The average molecular weight is 231 g/mol. The molecule has 0 saturated carbocycles. The summed E-state index contributed by atoms with van der Waals surface area (Å²) in [6.07, 6.45) is 2.66. The topological polar surface area (TPSA) is 68.0 Å². The lowest BCUT2D eigenvalue weighted by Gasteiger charge is -2.04. The van der Waals surface area contributed by atoms with E-state index in [4.69, 9.17) is 4.42 Å². The fourth-order valence-electron chi connectivity index (χ4n) is 1.45. The van der Waals surface area contributed by atoms with Gasteiger partial charge in [-0.25, -0.2) is 0 Å². The molecule has 2 aromatic rings. The van der Waals surface area contributed by atoms with Gasteiger partial charge in [0, 0.05) is 17.7 Å². The first-order valence-electron chi connectivity index (χ1n) is 5.46. The smallest absolute Gasteiger partial charge is 0.247 e. The van der Waals surface area contributed by atoms with Gasteiger partial charge >= 0.3 is 0 Å². The summed E-state index contributed by atoms with van der Waals surface area (Å²) in [6.45, 7) is 1.97. The van der Waals surface area contributed by atoms with E-state index in [1.165, 1.54) is 6.39 Å². The number of nitrogens with zero attached hydrogens (tertiary/aromatic N) is 2. The lowest BCUT2D eigenvalue weighted by molar-refractivity contribution is -0.116. The molecule has 0 aliphatic heterocycles. The monoisotopic (exact) mass is 231 g/mol. The van der Waals surface area contributed by atoms with E-state index in [1.54, 1.807) is 0 Å². The van der Waals surface area contributed by atoms with Gasteiger partial charge < -0.3 is 9.73 Å². The second-order valence-corrected chi connectivity index (χ2v) is 3.62. The van der Waals surface area contributed by atoms with Crippen molar-refractivity contribution in [1.82, 2.24) is 10.2 Å². The van der Waals surface area contributed by atoms with Crippen molar-refractivity contribution in [2.45, 2.75) is 19.8 Å². The summed E-state index contributed by atoms with van der Waals surface area (Å²) >= 11 is 0. The van der Waals surface area contributed by atoms with E-state index in [2.05, 4.69) is 15.5 Å². The van der Waals surface area contributed by atoms with Crippen LogP contribution in [-0.2, 0) is 4.79 Å². The van der Waals surface area contributed by atoms with E-state index in [0.29, 0.717) is 12.3 Å². The molecule has 88 valence electrons. The highest BCUT2D eigenvalue weighted by Crippen LogP contribution is 2.18. The van der Waals surface area contributed by atoms with Gasteiger partial charge in [-0.2, -0.15) is 0 Å². The number of amides is 1. The van der Waals surface area contributed by atoms with Gasteiger partial charge in [0.2, 0.25) is 18.2 Å². The van der Waals surface area contributed by atoms with Crippen LogP contribution in [0.1, 0.15) is 19.8 Å². The van der Waals surface area contributed by atoms with Crippen molar-refractivity contribution in [2.24, 2.45) is 0 Å². The molecule has 2 rings (SSSR count). The Morgan fingerprint density at radius 1 is 1.35 bits per heavy atom. The molecule has 1 amide bonds. The molecule has 1 aromatic carbocycles. The number of rotatable bonds is 4. The molecule has 1 aromatic heterocycles. The van der Waals surface area contributed by atoms with Gasteiger partial charge in [0.05, 0.1) is 0 Å². The molecule has 0 radical (unpaired) electrons. The second kappa shape index (κ2) is 5.25. The molecule has 0 atom stereocenters. The zero-order valence-corrected chi connectivity index (χ0v) is 9.51. The largest absolute Gasteiger partial charge is 0.423 e. The zero-order valence-electron chi connectivity index (χ0n) is 9.51. The predicted octanol–water partition coefficient (Wildman–Crippen LogP) is 2.48. The van der Waals surface area contributed by atoms with Crippen LogP contribution in [0.4, 0.5) is 5.69 Å². The van der Waals surface area contributed by atoms with Crippen molar-refractivity contribution >= 4 is 11.6 Å². The molecule has 5 heteroatoms. The summed E-state index contributed by atoms with van der Waals surface area (Å²) in [4.78, 5) is 11.4. The third-order valence-corrected chi connectivity index (χ3v) is 2.25. The number of aromatic nitrogens is 2. The van der Waals surface area contributed by atoms with E-state index in [1.807, 2.05) is 31.2 Å². The van der Waals surface area contributed by atoms with Crippen LogP contribution in [0.2, 0.25) is 0 Å². The number of hydrogen-bond acceptors (Lipinski definition) is 4. The van der Waals surface area contributed by atoms with Gasteiger partial charge in [0.1, 0.15) is 0 Å². The van der Waals surface area contributed by atoms with Crippen molar-refractivity contribution < 1.29 is 9.21 Å². The number of benzene rings is 1. The van der Waals surface area contributed by atoms with Crippen LogP contribution in [0.15, 0.2) is 35.1 Å². The average Bonchev–Trinajstić information content (AvgIpc) is 2.84. The molecule has 0 bridgehead atoms. The molecular weight excluding hydrogens is 218 g/mol. The molecule has 0 unspecified atom stereocenters. The quantitative estimate of drug-likeness (QED) is 0.877. The second-order valence-electron chi connectivity index (χ2n) is 3.62. The van der Waals surface area contributed by atoms with Crippen molar-refractivity contribution in [1.29, 1.82) is 0 Å². The van der Waals surface area contributed by atoms with Gasteiger partial charge in [-0.3, -0.25) is 4.79 Å². The van der Waals surface area contributed by atoms with E-state index >= 15 is 0 Å². The molecule has 0 saturated heterocycles. The number of carbonyl (C=O) groups excluding carboxylic acids is 1. The molecule has 1 heterocycles. The Balaban J connectivity index is 2.06. The van der Waals surface area contributed by atoms with Gasteiger partial charge in [0.15, 0.2) is 0 Å². The highest BCUT2D eigenvalue weighted by molar-refractivity contribution is 5.90. The lowest BCUT2D eigenvalue weighted by Crippen LogP contribution is -2.10. The Morgan fingerprint density at radius 2 is 2.12 bits per heavy atom. The van der Waals surface area contributed by atoms with Crippen LogP contribution in [0.5, 0.6) is 0 Å². The van der Waals surface area contributed by atoms with E-state index in [0.717, 1.165) is 17.7 Å². The minimum Gasteiger partial charge on any atom is -0.423 e. The summed E-state index contributed by atoms with van der Waals surface area (Å²) in [7, 11) is 0. The number of nitrogens with one attached hydrogen (secondary N) is 1. The maximum Gasteiger partial charge on any atom is 0.247 e. The summed E-state index contributed by atoms with van der Waals surface area (Å²) in [5.41, 5.74) is 1.60. The normalized spacial score (nSPS) is 10.2. The van der Waals surface area contributed by atoms with Crippen LogP contribution in [-0.4, -0.2) is 16.1 Å². The zero-order chi connectivity index (χ0) is 12.1. The van der Waals surface area contributed by atoms with Crippen molar-refractivity contribution in [2.75, 3.05) is 5.32 Å². The van der Waals surface area contributed by atoms with Crippen LogP contribution in [0.3, 0.4) is 0 Å². The van der Waals surface area contributed by atoms with Gasteiger partial charge in [0.25, 0.3) is 0 Å². The van der Waals surface area contributed by atoms with Gasteiger partial charge in [-0.15, -0.1) is 10.2 Å². The van der Waals surface area contributed by atoms with Crippen molar-refractivity contribution in [3.05, 3.63) is 30.7 Å². The standard InChI is InChI=1S/C12H13N3O2/c1-2-3-11(16)14-10-6-4-9(5-7-10)12-15-13-8-17-12/h4-8H,2-3H2,1H3,(H,14,16). The number of hydrogen-bond donors (Lipinski definition) is 1. The Kier molecular flexibility index (Phi) is 3.49. The minimum atomic E-state index is 0.0260. The Bertz CT molecular complexity index is 477. The Morgan fingerprint density at radius 3 is 2.71 bits per heavy atom. The number of carbonyl (C=O) groups is 1. The first kappa shape index (κ1) is 11.3. The van der Waals surface area contributed by atoms with Crippen LogP contribution < -0.4 is 5.32 Å². The Labute approximate surface area is 98.9 Å². The Hall–Kier alpha value is -2.17. The molecule has 0 spiro atoms. The fraction of sp³-hybridized carbons (Fsp3) is 0.250. The van der Waals surface area contributed by atoms with Crippen LogP contribution in [0, 0.1) is 0 Å². The molecule has 1 N–H and O–H groups in total. The molecule has 0 fully saturated rings. The third-order valence-electron chi connectivity index (χ3n) is 2.25. The first-order valence-corrected chi connectivity index (χ1v) is 5.46. The van der Waals surface area contributed by atoms with Crippen molar-refractivity contribution in [3.8, 4) is 11.5 Å². The predicted molar refractivity (Wildman–Crippen MR) is 63.3 cm³/mol. The highest BCUT2D eigenvalue weighted by Gasteiger charge is 2.04. The van der Waals surface area contributed by atoms with E-state index in [-0.39, 0.29) is 5.91 Å². The summed E-state index contributed by atoms with van der Waals surface area (Å²) < 4.78 is 5.07. The lowest BCUT2D eigenvalue weighted by atomic mass is 10.2. The molecule has 5 nitrogen and oxygen atoms in total. The summed E-state index contributed by atoms with van der Waals surface area (Å²) in [6, 6.07) is 7.28.